The smallest absolute Gasteiger partial charge is 0.311 e. The average molecular weight is 330 g/mol. The molecule has 0 spiro atoms. The fourth-order valence-electron chi connectivity index (χ4n) is 1.41. The van der Waals surface area contributed by atoms with E-state index in [-0.39, 0.29) is 17.9 Å². The molecule has 0 bridgehead atoms. The van der Waals surface area contributed by atoms with Crippen molar-refractivity contribution >= 4 is 27.8 Å². The van der Waals surface area contributed by atoms with Crippen LogP contribution >= 0.6 is 15.9 Å². The van der Waals surface area contributed by atoms with Gasteiger partial charge in [0.1, 0.15) is 5.75 Å². The second kappa shape index (κ2) is 6.06. The number of rotatable bonds is 5. The highest BCUT2D eigenvalue weighted by Gasteiger charge is 2.31. The Balaban J connectivity index is 2.81. The lowest BCUT2D eigenvalue weighted by atomic mass is 9.87. The van der Waals surface area contributed by atoms with E-state index in [1.165, 1.54) is 12.1 Å². The van der Waals surface area contributed by atoms with Gasteiger partial charge in [0.15, 0.2) is 0 Å². The number of carboxylic acid groups (broad SMARTS) is 1. The first-order valence-electron chi connectivity index (χ1n) is 5.80. The number of aromatic hydroxyl groups is 1. The number of amides is 1. The van der Waals surface area contributed by atoms with Crippen LogP contribution in [0.4, 0.5) is 0 Å². The van der Waals surface area contributed by atoms with Crippen LogP contribution in [0.3, 0.4) is 0 Å². The highest BCUT2D eigenvalue weighted by atomic mass is 79.9. The number of phenols is 1. The van der Waals surface area contributed by atoms with Crippen LogP contribution in [-0.4, -0.2) is 28.6 Å². The van der Waals surface area contributed by atoms with Crippen molar-refractivity contribution in [2.45, 2.75) is 20.3 Å². The molecule has 1 rings (SSSR count). The molecule has 1 aromatic rings. The fourth-order valence-corrected chi connectivity index (χ4v) is 1.77. The fraction of sp³-hybridized carbons (Fsp3) is 0.385. The van der Waals surface area contributed by atoms with Crippen LogP contribution in [-0.2, 0) is 4.79 Å². The Morgan fingerprint density at radius 1 is 1.42 bits per heavy atom. The maximum Gasteiger partial charge on any atom is 0.311 e. The third kappa shape index (κ3) is 3.70. The molecule has 5 nitrogen and oxygen atoms in total. The molecule has 1 atom stereocenters. The molecule has 104 valence electrons. The van der Waals surface area contributed by atoms with Crippen molar-refractivity contribution in [1.82, 2.24) is 5.32 Å². The van der Waals surface area contributed by atoms with E-state index in [0.717, 1.165) is 0 Å². The molecule has 6 heteroatoms. The van der Waals surface area contributed by atoms with E-state index in [0.29, 0.717) is 10.9 Å². The van der Waals surface area contributed by atoms with Crippen molar-refractivity contribution in [2.75, 3.05) is 6.54 Å². The van der Waals surface area contributed by atoms with Gasteiger partial charge in [-0.1, -0.05) is 22.9 Å². The maximum atomic E-state index is 11.9. The molecular formula is C13H16BrNO4. The minimum atomic E-state index is -1.02. The van der Waals surface area contributed by atoms with E-state index in [1.807, 2.05) is 0 Å². The van der Waals surface area contributed by atoms with Crippen LogP contribution in [0.1, 0.15) is 30.6 Å². The number of aliphatic carboxylic acids is 1. The lowest BCUT2D eigenvalue weighted by molar-refractivity contribution is -0.147. The number of carbonyl (C=O) groups excluding carboxylic acids is 1. The largest absolute Gasteiger partial charge is 0.507 e. The van der Waals surface area contributed by atoms with E-state index in [1.54, 1.807) is 19.9 Å². The van der Waals surface area contributed by atoms with Gasteiger partial charge in [0.2, 0.25) is 0 Å². The van der Waals surface area contributed by atoms with Gasteiger partial charge < -0.3 is 15.5 Å². The van der Waals surface area contributed by atoms with Gasteiger partial charge in [-0.05, 0) is 31.5 Å². The van der Waals surface area contributed by atoms with E-state index in [9.17, 15) is 14.7 Å². The summed E-state index contributed by atoms with van der Waals surface area (Å²) in [5, 5.41) is 21.2. The summed E-state index contributed by atoms with van der Waals surface area (Å²) in [6, 6.07) is 4.49. The summed E-state index contributed by atoms with van der Waals surface area (Å²) in [6.45, 7) is 3.32. The lowest BCUT2D eigenvalue weighted by Crippen LogP contribution is -2.40. The molecule has 0 fully saturated rings. The van der Waals surface area contributed by atoms with Gasteiger partial charge in [0.05, 0.1) is 11.0 Å². The summed E-state index contributed by atoms with van der Waals surface area (Å²) >= 11 is 3.21. The van der Waals surface area contributed by atoms with Gasteiger partial charge in [-0.3, -0.25) is 9.59 Å². The predicted octanol–water partition coefficient (Wildman–Crippen LogP) is 2.39. The molecule has 0 aromatic heterocycles. The molecule has 1 aromatic carbocycles. The Morgan fingerprint density at radius 2 is 2.05 bits per heavy atom. The molecule has 0 aliphatic heterocycles. The topological polar surface area (TPSA) is 86.6 Å². The molecule has 1 unspecified atom stereocenters. The molecule has 0 radical (unpaired) electrons. The zero-order chi connectivity index (χ0) is 14.6. The molecule has 1 amide bonds. The van der Waals surface area contributed by atoms with Crippen molar-refractivity contribution in [2.24, 2.45) is 5.41 Å². The Kier molecular flexibility index (Phi) is 4.94. The molecule has 0 saturated heterocycles. The molecular weight excluding hydrogens is 314 g/mol. The molecule has 0 saturated carbocycles. The number of phenolic OH excluding ortho intramolecular Hbond substituents is 1. The molecule has 19 heavy (non-hydrogen) atoms. The molecule has 0 heterocycles. The number of nitrogens with one attached hydrogen (secondary N) is 1. The highest BCUT2D eigenvalue weighted by molar-refractivity contribution is 9.10. The Bertz CT molecular complexity index is 503. The normalized spacial score (nSPS) is 13.6. The number of hydrogen-bond donors (Lipinski definition) is 3. The van der Waals surface area contributed by atoms with E-state index in [2.05, 4.69) is 21.2 Å². The quantitative estimate of drug-likeness (QED) is 0.774. The summed E-state index contributed by atoms with van der Waals surface area (Å²) in [5.41, 5.74) is -0.907. The Labute approximate surface area is 119 Å². The highest BCUT2D eigenvalue weighted by Crippen LogP contribution is 2.23. The van der Waals surface area contributed by atoms with Crippen molar-refractivity contribution in [3.05, 3.63) is 28.2 Å². The summed E-state index contributed by atoms with van der Waals surface area (Å²) in [7, 11) is 0. The van der Waals surface area contributed by atoms with Crippen LogP contribution < -0.4 is 5.32 Å². The Hall–Kier alpha value is -1.56. The van der Waals surface area contributed by atoms with Gasteiger partial charge in [-0.25, -0.2) is 0 Å². The van der Waals surface area contributed by atoms with Crippen molar-refractivity contribution in [3.63, 3.8) is 0 Å². The van der Waals surface area contributed by atoms with E-state index < -0.39 is 17.3 Å². The minimum Gasteiger partial charge on any atom is -0.507 e. The predicted molar refractivity (Wildman–Crippen MR) is 74.2 cm³/mol. The van der Waals surface area contributed by atoms with Crippen LogP contribution in [0, 0.1) is 5.41 Å². The van der Waals surface area contributed by atoms with Gasteiger partial charge in [-0.2, -0.15) is 0 Å². The third-order valence-corrected chi connectivity index (χ3v) is 3.63. The number of carboxylic acids is 1. The van der Waals surface area contributed by atoms with Crippen LogP contribution in [0.2, 0.25) is 0 Å². The van der Waals surface area contributed by atoms with Crippen LogP contribution in [0.5, 0.6) is 5.75 Å². The summed E-state index contributed by atoms with van der Waals surface area (Å²) in [4.78, 5) is 23.0. The van der Waals surface area contributed by atoms with Gasteiger partial charge in [-0.15, -0.1) is 0 Å². The van der Waals surface area contributed by atoms with Crippen molar-refractivity contribution < 1.29 is 19.8 Å². The molecule has 3 N–H and O–H groups in total. The number of halogens is 1. The lowest BCUT2D eigenvalue weighted by Gasteiger charge is -2.23. The standard InChI is InChI=1S/C13H16BrNO4/c1-3-13(2,12(18)19)7-15-11(17)9-6-8(14)4-5-10(9)16/h4-6,16H,3,7H2,1-2H3,(H,15,17)(H,18,19). The van der Waals surface area contributed by atoms with Gasteiger partial charge in [0, 0.05) is 11.0 Å². The van der Waals surface area contributed by atoms with Gasteiger partial charge >= 0.3 is 5.97 Å². The molecule has 0 aliphatic carbocycles. The summed E-state index contributed by atoms with van der Waals surface area (Å²) in [6.07, 6.45) is 0.396. The monoisotopic (exact) mass is 329 g/mol. The second-order valence-electron chi connectivity index (χ2n) is 4.56. The van der Waals surface area contributed by atoms with Crippen LogP contribution in [0.25, 0.3) is 0 Å². The van der Waals surface area contributed by atoms with Crippen molar-refractivity contribution in [1.29, 1.82) is 0 Å². The average Bonchev–Trinajstić information content (AvgIpc) is 2.38. The van der Waals surface area contributed by atoms with E-state index in [4.69, 9.17) is 5.11 Å². The first kappa shape index (κ1) is 15.5. The van der Waals surface area contributed by atoms with E-state index >= 15 is 0 Å². The second-order valence-corrected chi connectivity index (χ2v) is 5.48. The van der Waals surface area contributed by atoms with Crippen LogP contribution in [0.15, 0.2) is 22.7 Å². The zero-order valence-corrected chi connectivity index (χ0v) is 12.3. The number of carbonyl (C=O) groups is 2. The first-order valence-corrected chi connectivity index (χ1v) is 6.59. The maximum absolute atomic E-state index is 11.9. The summed E-state index contributed by atoms with van der Waals surface area (Å²) < 4.78 is 0.659. The first-order chi connectivity index (χ1) is 8.80. The van der Waals surface area contributed by atoms with Gasteiger partial charge in [0.25, 0.3) is 5.91 Å². The summed E-state index contributed by atoms with van der Waals surface area (Å²) in [5.74, 6) is -1.61. The number of hydrogen-bond acceptors (Lipinski definition) is 3. The Morgan fingerprint density at radius 3 is 2.58 bits per heavy atom. The minimum absolute atomic E-state index is 0.00359. The van der Waals surface area contributed by atoms with Crippen molar-refractivity contribution in [3.8, 4) is 5.75 Å². The molecule has 0 aliphatic rings. The third-order valence-electron chi connectivity index (χ3n) is 3.14. The number of benzene rings is 1. The SMILES string of the molecule is CCC(C)(CNC(=O)c1cc(Br)ccc1O)C(=O)O. The zero-order valence-electron chi connectivity index (χ0n) is 10.7.